The maximum atomic E-state index is 5.75. The third-order valence-electron chi connectivity index (χ3n) is 3.17. The Bertz CT molecular complexity index is 172. The van der Waals surface area contributed by atoms with Crippen molar-refractivity contribution in [2.45, 2.75) is 44.9 Å². The average molecular weight is 198 g/mol. The number of hydrogen-bond donors (Lipinski definition) is 1. The molecule has 2 fully saturated rings. The number of nitrogens with zero attached hydrogens (tertiary/aromatic N) is 1. The van der Waals surface area contributed by atoms with Crippen LogP contribution >= 0.6 is 0 Å². The molecule has 0 aliphatic carbocycles. The largest absolute Gasteiger partial charge is 0.373 e. The van der Waals surface area contributed by atoms with Crippen LogP contribution in [0.3, 0.4) is 0 Å². The van der Waals surface area contributed by atoms with Gasteiger partial charge >= 0.3 is 0 Å². The van der Waals surface area contributed by atoms with Gasteiger partial charge in [-0.2, -0.15) is 0 Å². The molecule has 0 bridgehead atoms. The van der Waals surface area contributed by atoms with Crippen molar-refractivity contribution >= 4 is 0 Å². The van der Waals surface area contributed by atoms with Crippen LogP contribution < -0.4 is 5.32 Å². The lowest BCUT2D eigenvalue weighted by Crippen LogP contribution is -2.58. The zero-order chi connectivity index (χ0) is 9.97. The van der Waals surface area contributed by atoms with E-state index in [0.717, 1.165) is 19.1 Å². The molecule has 2 rings (SSSR count). The number of likely N-dealkylation sites (tertiary alicyclic amines) is 1. The van der Waals surface area contributed by atoms with Crippen LogP contribution in [0.5, 0.6) is 0 Å². The zero-order valence-electron chi connectivity index (χ0n) is 9.33. The highest BCUT2D eigenvalue weighted by Gasteiger charge is 2.33. The topological polar surface area (TPSA) is 24.5 Å². The Kier molecular flexibility index (Phi) is 3.42. The Morgan fingerprint density at radius 3 is 2.43 bits per heavy atom. The molecular weight excluding hydrogens is 176 g/mol. The summed E-state index contributed by atoms with van der Waals surface area (Å²) in [6.07, 6.45) is 3.52. The molecule has 14 heavy (non-hydrogen) atoms. The summed E-state index contributed by atoms with van der Waals surface area (Å²) >= 11 is 0. The van der Waals surface area contributed by atoms with Crippen molar-refractivity contribution in [2.24, 2.45) is 0 Å². The van der Waals surface area contributed by atoms with Gasteiger partial charge in [0, 0.05) is 19.1 Å². The molecule has 0 saturated carbocycles. The quantitative estimate of drug-likeness (QED) is 0.727. The smallest absolute Gasteiger partial charge is 0.0832 e. The van der Waals surface area contributed by atoms with Crippen LogP contribution in [0.2, 0.25) is 0 Å². The fourth-order valence-electron chi connectivity index (χ4n) is 2.41. The van der Waals surface area contributed by atoms with Gasteiger partial charge in [-0.25, -0.2) is 0 Å². The van der Waals surface area contributed by atoms with E-state index in [9.17, 15) is 0 Å². The second-order valence-electron chi connectivity index (χ2n) is 4.74. The van der Waals surface area contributed by atoms with Gasteiger partial charge in [-0.1, -0.05) is 0 Å². The molecule has 0 spiro atoms. The fraction of sp³-hybridized carbons (Fsp3) is 1.00. The average Bonchev–Trinajstić information content (AvgIpc) is 2.12. The first-order chi connectivity index (χ1) is 6.75. The zero-order valence-corrected chi connectivity index (χ0v) is 9.33. The van der Waals surface area contributed by atoms with Crippen LogP contribution in [0.25, 0.3) is 0 Å². The van der Waals surface area contributed by atoms with E-state index in [2.05, 4.69) is 24.1 Å². The third-order valence-corrected chi connectivity index (χ3v) is 3.17. The summed E-state index contributed by atoms with van der Waals surface area (Å²) in [6, 6.07) is 0.822. The third kappa shape index (κ3) is 2.47. The fourth-order valence-corrected chi connectivity index (χ4v) is 2.41. The highest BCUT2D eigenvalue weighted by Crippen LogP contribution is 2.21. The highest BCUT2D eigenvalue weighted by molar-refractivity contribution is 4.88. The maximum absolute atomic E-state index is 5.75. The summed E-state index contributed by atoms with van der Waals surface area (Å²) in [4.78, 5) is 2.58. The number of nitrogens with one attached hydrogen (secondary N) is 1. The number of rotatable bonds is 3. The van der Waals surface area contributed by atoms with E-state index in [0.29, 0.717) is 12.2 Å². The molecule has 0 atom stereocenters. The SMILES string of the molecule is CC(C)OC1CN(C2CCNCC2)C1. The first kappa shape index (κ1) is 10.4. The molecule has 0 radical (unpaired) electrons. The normalized spacial score (nSPS) is 26.8. The van der Waals surface area contributed by atoms with Gasteiger partial charge in [-0.3, -0.25) is 4.90 Å². The van der Waals surface area contributed by atoms with Gasteiger partial charge in [0.1, 0.15) is 0 Å². The molecule has 0 aromatic carbocycles. The van der Waals surface area contributed by atoms with Gasteiger partial charge in [0.15, 0.2) is 0 Å². The van der Waals surface area contributed by atoms with E-state index >= 15 is 0 Å². The molecule has 0 aromatic rings. The first-order valence-corrected chi connectivity index (χ1v) is 5.86. The number of hydrogen-bond acceptors (Lipinski definition) is 3. The Labute approximate surface area is 86.8 Å². The van der Waals surface area contributed by atoms with Crippen LogP contribution in [0.4, 0.5) is 0 Å². The Balaban J connectivity index is 1.66. The lowest BCUT2D eigenvalue weighted by molar-refractivity contribution is -0.0980. The molecule has 2 saturated heterocycles. The highest BCUT2D eigenvalue weighted by atomic mass is 16.5. The van der Waals surface area contributed by atoms with Crippen LogP contribution in [-0.4, -0.2) is 49.3 Å². The van der Waals surface area contributed by atoms with Gasteiger partial charge in [0.2, 0.25) is 0 Å². The van der Waals surface area contributed by atoms with Crippen LogP contribution in [0.15, 0.2) is 0 Å². The van der Waals surface area contributed by atoms with Crippen LogP contribution in [0, 0.1) is 0 Å². The minimum absolute atomic E-state index is 0.384. The molecule has 2 aliphatic rings. The second kappa shape index (κ2) is 4.60. The summed E-state index contributed by atoms with van der Waals surface area (Å²) in [5.74, 6) is 0. The van der Waals surface area contributed by atoms with E-state index < -0.39 is 0 Å². The summed E-state index contributed by atoms with van der Waals surface area (Å²) in [6.45, 7) is 8.93. The summed E-state index contributed by atoms with van der Waals surface area (Å²) in [5.41, 5.74) is 0. The Hall–Kier alpha value is -0.120. The minimum atomic E-state index is 0.384. The van der Waals surface area contributed by atoms with Crippen LogP contribution in [-0.2, 0) is 4.74 Å². The van der Waals surface area contributed by atoms with E-state index in [4.69, 9.17) is 4.74 Å². The van der Waals surface area contributed by atoms with E-state index in [1.165, 1.54) is 25.9 Å². The molecule has 0 aromatic heterocycles. The van der Waals surface area contributed by atoms with E-state index in [1.807, 2.05) is 0 Å². The minimum Gasteiger partial charge on any atom is -0.373 e. The van der Waals surface area contributed by atoms with Gasteiger partial charge in [-0.15, -0.1) is 0 Å². The predicted molar refractivity (Wildman–Crippen MR) is 57.5 cm³/mol. The number of ether oxygens (including phenoxy) is 1. The van der Waals surface area contributed by atoms with Crippen LogP contribution in [0.1, 0.15) is 26.7 Å². The molecule has 1 N–H and O–H groups in total. The van der Waals surface area contributed by atoms with Gasteiger partial charge in [-0.05, 0) is 39.8 Å². The van der Waals surface area contributed by atoms with Gasteiger partial charge < -0.3 is 10.1 Å². The van der Waals surface area contributed by atoms with Crippen molar-refractivity contribution in [2.75, 3.05) is 26.2 Å². The van der Waals surface area contributed by atoms with Crippen molar-refractivity contribution in [1.29, 1.82) is 0 Å². The molecule has 0 unspecified atom stereocenters. The lowest BCUT2D eigenvalue weighted by atomic mass is 9.99. The monoisotopic (exact) mass is 198 g/mol. The lowest BCUT2D eigenvalue weighted by Gasteiger charge is -2.46. The van der Waals surface area contributed by atoms with E-state index in [-0.39, 0.29) is 0 Å². The molecule has 3 heteroatoms. The molecular formula is C11H22N2O. The molecule has 0 amide bonds. The number of piperidine rings is 1. The second-order valence-corrected chi connectivity index (χ2v) is 4.74. The summed E-state index contributed by atoms with van der Waals surface area (Å²) in [5, 5.41) is 3.40. The van der Waals surface area contributed by atoms with E-state index in [1.54, 1.807) is 0 Å². The van der Waals surface area contributed by atoms with Crippen molar-refractivity contribution in [3.05, 3.63) is 0 Å². The van der Waals surface area contributed by atoms with Crippen molar-refractivity contribution < 1.29 is 4.74 Å². The maximum Gasteiger partial charge on any atom is 0.0832 e. The standard InChI is InChI=1S/C11H22N2O/c1-9(2)14-11-7-13(8-11)10-3-5-12-6-4-10/h9-12H,3-8H2,1-2H3. The summed E-state index contributed by atoms with van der Waals surface area (Å²) < 4.78 is 5.75. The molecule has 2 heterocycles. The molecule has 82 valence electrons. The van der Waals surface area contributed by atoms with Gasteiger partial charge in [0.05, 0.1) is 12.2 Å². The summed E-state index contributed by atoms with van der Waals surface area (Å²) in [7, 11) is 0. The Morgan fingerprint density at radius 1 is 1.21 bits per heavy atom. The van der Waals surface area contributed by atoms with Gasteiger partial charge in [0.25, 0.3) is 0 Å². The predicted octanol–water partition coefficient (Wildman–Crippen LogP) is 0.848. The van der Waals surface area contributed by atoms with Crippen molar-refractivity contribution in [1.82, 2.24) is 10.2 Å². The van der Waals surface area contributed by atoms with Crippen molar-refractivity contribution in [3.8, 4) is 0 Å². The first-order valence-electron chi connectivity index (χ1n) is 5.86. The Morgan fingerprint density at radius 2 is 1.86 bits per heavy atom. The molecule has 2 aliphatic heterocycles. The van der Waals surface area contributed by atoms with Crippen molar-refractivity contribution in [3.63, 3.8) is 0 Å². The molecule has 3 nitrogen and oxygen atoms in total.